The zero-order valence-electron chi connectivity index (χ0n) is 17.9. The van der Waals surface area contributed by atoms with Crippen molar-refractivity contribution in [2.45, 2.75) is 33.4 Å². The second-order valence-corrected chi connectivity index (χ2v) is 7.69. The fraction of sp³-hybridized carbons (Fsp3) is 0.280. The van der Waals surface area contributed by atoms with Crippen LogP contribution in [0.2, 0.25) is 0 Å². The molecule has 6 heteroatoms. The average molecular weight is 419 g/mol. The Labute approximate surface area is 181 Å². The van der Waals surface area contributed by atoms with Crippen molar-refractivity contribution in [3.63, 3.8) is 0 Å². The van der Waals surface area contributed by atoms with Crippen molar-refractivity contribution >= 4 is 11.6 Å². The van der Waals surface area contributed by atoms with E-state index in [1.807, 2.05) is 44.2 Å². The maximum atomic E-state index is 12.8. The van der Waals surface area contributed by atoms with Crippen molar-refractivity contribution in [1.82, 2.24) is 4.57 Å². The standard InChI is InChI=1S/C25H25NO5/c1-16-11-22(23(28)15-29-20-8-6-7-19(12-20)18(3)27)17(2)26(16)13-21-14-30-24-9-4-5-10-25(24)31-21/h4-12,21H,13-15H2,1-3H3/t21-/m1/s1. The number of nitrogens with zero attached hydrogens (tertiary/aromatic N) is 1. The summed E-state index contributed by atoms with van der Waals surface area (Å²) >= 11 is 0. The largest absolute Gasteiger partial charge is 0.486 e. The molecule has 0 radical (unpaired) electrons. The minimum Gasteiger partial charge on any atom is -0.486 e. The van der Waals surface area contributed by atoms with Gasteiger partial charge in [-0.05, 0) is 51.1 Å². The van der Waals surface area contributed by atoms with E-state index in [4.69, 9.17) is 14.2 Å². The van der Waals surface area contributed by atoms with Gasteiger partial charge in [-0.3, -0.25) is 9.59 Å². The highest BCUT2D eigenvalue weighted by atomic mass is 16.6. The first-order valence-electron chi connectivity index (χ1n) is 10.2. The molecule has 0 N–H and O–H groups in total. The van der Waals surface area contributed by atoms with E-state index in [2.05, 4.69) is 4.57 Å². The number of rotatable bonds is 7. The molecular formula is C25H25NO5. The SMILES string of the molecule is CC(=O)c1cccc(OCC(=O)c2cc(C)n(C[C@@H]3COc4ccccc4O3)c2C)c1. The number of fused-ring (bicyclic) bond motifs is 1. The van der Waals surface area contributed by atoms with Crippen LogP contribution in [-0.4, -0.2) is 35.5 Å². The van der Waals surface area contributed by atoms with Gasteiger partial charge in [0.05, 0.1) is 6.54 Å². The Hall–Kier alpha value is -3.54. The monoisotopic (exact) mass is 419 g/mol. The Kier molecular flexibility index (Phi) is 5.80. The minimum absolute atomic E-state index is 0.0446. The number of hydrogen-bond donors (Lipinski definition) is 0. The van der Waals surface area contributed by atoms with Gasteiger partial charge in [-0.15, -0.1) is 0 Å². The van der Waals surface area contributed by atoms with E-state index in [9.17, 15) is 9.59 Å². The van der Waals surface area contributed by atoms with Gasteiger partial charge in [0.25, 0.3) is 0 Å². The summed E-state index contributed by atoms with van der Waals surface area (Å²) < 4.78 is 19.6. The molecule has 0 aliphatic carbocycles. The number of ether oxygens (including phenoxy) is 3. The second kappa shape index (κ2) is 8.68. The van der Waals surface area contributed by atoms with E-state index in [1.165, 1.54) is 6.92 Å². The summed E-state index contributed by atoms with van der Waals surface area (Å²) in [7, 11) is 0. The maximum absolute atomic E-state index is 12.8. The van der Waals surface area contributed by atoms with E-state index in [1.54, 1.807) is 24.3 Å². The van der Waals surface area contributed by atoms with E-state index >= 15 is 0 Å². The third kappa shape index (κ3) is 4.48. The second-order valence-electron chi connectivity index (χ2n) is 7.69. The predicted molar refractivity (Wildman–Crippen MR) is 117 cm³/mol. The van der Waals surface area contributed by atoms with Crippen LogP contribution in [0.25, 0.3) is 0 Å². The molecule has 6 nitrogen and oxygen atoms in total. The van der Waals surface area contributed by atoms with Gasteiger partial charge >= 0.3 is 0 Å². The molecule has 1 atom stereocenters. The molecule has 1 aliphatic heterocycles. The van der Waals surface area contributed by atoms with Gasteiger partial charge in [-0.2, -0.15) is 0 Å². The Bertz CT molecular complexity index is 1130. The maximum Gasteiger partial charge on any atom is 0.202 e. The van der Waals surface area contributed by atoms with Crippen molar-refractivity contribution < 1.29 is 23.8 Å². The lowest BCUT2D eigenvalue weighted by Crippen LogP contribution is -2.33. The topological polar surface area (TPSA) is 66.8 Å². The van der Waals surface area contributed by atoms with Crippen LogP contribution in [0.5, 0.6) is 17.2 Å². The Morgan fingerprint density at radius 3 is 2.61 bits per heavy atom. The Morgan fingerprint density at radius 1 is 1.06 bits per heavy atom. The van der Waals surface area contributed by atoms with Crippen molar-refractivity contribution in [2.75, 3.05) is 13.2 Å². The van der Waals surface area contributed by atoms with E-state index in [0.717, 1.165) is 22.9 Å². The van der Waals surface area contributed by atoms with E-state index in [-0.39, 0.29) is 24.3 Å². The fourth-order valence-electron chi connectivity index (χ4n) is 3.75. The molecule has 0 bridgehead atoms. The number of aryl methyl sites for hydroxylation is 1. The van der Waals surface area contributed by atoms with E-state index in [0.29, 0.717) is 30.0 Å². The minimum atomic E-state index is -0.145. The Balaban J connectivity index is 1.43. The number of benzene rings is 2. The first-order valence-corrected chi connectivity index (χ1v) is 10.2. The smallest absolute Gasteiger partial charge is 0.202 e. The van der Waals surface area contributed by atoms with Crippen LogP contribution in [-0.2, 0) is 6.54 Å². The predicted octanol–water partition coefficient (Wildman–Crippen LogP) is 4.41. The summed E-state index contributed by atoms with van der Waals surface area (Å²) in [5.41, 5.74) is 3.02. The highest BCUT2D eigenvalue weighted by Crippen LogP contribution is 2.31. The Morgan fingerprint density at radius 2 is 1.84 bits per heavy atom. The summed E-state index contributed by atoms with van der Waals surface area (Å²) in [5, 5.41) is 0. The lowest BCUT2D eigenvalue weighted by molar-refractivity contribution is 0.0777. The van der Waals surface area contributed by atoms with Crippen LogP contribution in [0.15, 0.2) is 54.6 Å². The molecule has 2 heterocycles. The highest BCUT2D eigenvalue weighted by molar-refractivity contribution is 5.98. The third-order valence-corrected chi connectivity index (χ3v) is 5.44. The molecule has 0 spiro atoms. The zero-order chi connectivity index (χ0) is 22.0. The molecular weight excluding hydrogens is 394 g/mol. The number of aromatic nitrogens is 1. The number of Topliss-reactive ketones (excluding diaryl/α,β-unsaturated/α-hetero) is 2. The van der Waals surface area contributed by atoms with Gasteiger partial charge in [0.1, 0.15) is 12.4 Å². The normalized spacial score (nSPS) is 14.9. The fourth-order valence-corrected chi connectivity index (χ4v) is 3.75. The molecule has 0 saturated heterocycles. The zero-order valence-corrected chi connectivity index (χ0v) is 17.9. The van der Waals surface area contributed by atoms with Gasteiger partial charge in [0.2, 0.25) is 5.78 Å². The molecule has 1 aliphatic rings. The highest BCUT2D eigenvalue weighted by Gasteiger charge is 2.24. The molecule has 0 unspecified atom stereocenters. The molecule has 0 saturated carbocycles. The average Bonchev–Trinajstić information content (AvgIpc) is 3.06. The van der Waals surface area contributed by atoms with Gasteiger partial charge in [-0.1, -0.05) is 24.3 Å². The molecule has 3 aromatic rings. The van der Waals surface area contributed by atoms with Crippen LogP contribution in [0.3, 0.4) is 0 Å². The third-order valence-electron chi connectivity index (χ3n) is 5.44. The van der Waals surface area contributed by atoms with Crippen LogP contribution in [0.1, 0.15) is 39.0 Å². The first-order chi connectivity index (χ1) is 14.9. The summed E-state index contributed by atoms with van der Waals surface area (Å²) in [6, 6.07) is 16.3. The van der Waals surface area contributed by atoms with Gasteiger partial charge in [-0.25, -0.2) is 0 Å². The lowest BCUT2D eigenvalue weighted by atomic mass is 10.1. The lowest BCUT2D eigenvalue weighted by Gasteiger charge is -2.27. The van der Waals surface area contributed by atoms with Crippen molar-refractivity contribution in [3.8, 4) is 17.2 Å². The van der Waals surface area contributed by atoms with Crippen LogP contribution >= 0.6 is 0 Å². The van der Waals surface area contributed by atoms with E-state index < -0.39 is 0 Å². The first kappa shape index (κ1) is 20.7. The molecule has 2 aromatic carbocycles. The summed E-state index contributed by atoms with van der Waals surface area (Å²) in [6.07, 6.45) is -0.145. The molecule has 4 rings (SSSR count). The van der Waals surface area contributed by atoms with Crippen LogP contribution in [0.4, 0.5) is 0 Å². The molecule has 1 aromatic heterocycles. The quantitative estimate of drug-likeness (QED) is 0.531. The van der Waals surface area contributed by atoms with Crippen molar-refractivity contribution in [3.05, 3.63) is 77.1 Å². The van der Waals surface area contributed by atoms with Gasteiger partial charge in [0.15, 0.2) is 30.0 Å². The molecule has 31 heavy (non-hydrogen) atoms. The molecule has 160 valence electrons. The number of para-hydroxylation sites is 2. The van der Waals surface area contributed by atoms with Crippen molar-refractivity contribution in [2.24, 2.45) is 0 Å². The number of carbonyl (C=O) groups is 2. The van der Waals surface area contributed by atoms with Gasteiger partial charge < -0.3 is 18.8 Å². The summed E-state index contributed by atoms with van der Waals surface area (Å²) in [6.45, 7) is 6.33. The van der Waals surface area contributed by atoms with Crippen LogP contribution < -0.4 is 14.2 Å². The molecule has 0 amide bonds. The van der Waals surface area contributed by atoms with Crippen molar-refractivity contribution in [1.29, 1.82) is 0 Å². The number of ketones is 2. The van der Waals surface area contributed by atoms with Crippen LogP contribution in [0, 0.1) is 13.8 Å². The van der Waals surface area contributed by atoms with Gasteiger partial charge in [0, 0.05) is 22.5 Å². The molecule has 0 fully saturated rings. The number of carbonyl (C=O) groups excluding carboxylic acids is 2. The number of hydrogen-bond acceptors (Lipinski definition) is 5. The summed E-state index contributed by atoms with van der Waals surface area (Å²) in [4.78, 5) is 24.3. The summed E-state index contributed by atoms with van der Waals surface area (Å²) in [5.74, 6) is 1.83.